The predicted molar refractivity (Wildman–Crippen MR) is 124 cm³/mol. The van der Waals surface area contributed by atoms with E-state index in [1.165, 1.54) is 39.6 Å². The van der Waals surface area contributed by atoms with Gasteiger partial charge in [0.1, 0.15) is 22.9 Å². The molecule has 3 amide bonds. The van der Waals surface area contributed by atoms with E-state index >= 15 is 0 Å². The van der Waals surface area contributed by atoms with Gasteiger partial charge in [-0.1, -0.05) is 12.1 Å². The average molecular weight is 464 g/mol. The molecule has 0 saturated carbocycles. The van der Waals surface area contributed by atoms with Gasteiger partial charge in [-0.25, -0.2) is 9.59 Å². The number of pyridine rings is 1. The maximum Gasteiger partial charge on any atom is 0.337 e. The third-order valence-corrected chi connectivity index (χ3v) is 4.67. The number of carbonyl (C=O) groups is 3. The van der Waals surface area contributed by atoms with E-state index in [9.17, 15) is 14.4 Å². The van der Waals surface area contributed by atoms with Crippen LogP contribution < -0.4 is 25.4 Å². The standard InChI is InChI=1S/C24H24N4O6/c1-25-22(29)20-13-18(10-11-26-20)34-17-7-4-15(5-8-17)14-27-24(31)28-19-9-6-16(23(30)33-3)12-21(19)32-2/h4-13H,14H2,1-3H3,(H,25,29)(H2,27,28,31). The molecule has 34 heavy (non-hydrogen) atoms. The highest BCUT2D eigenvalue weighted by molar-refractivity contribution is 5.94. The number of benzene rings is 2. The van der Waals surface area contributed by atoms with Gasteiger partial charge in [-0.05, 0) is 42.0 Å². The highest BCUT2D eigenvalue weighted by atomic mass is 16.5. The fourth-order valence-electron chi connectivity index (χ4n) is 2.93. The van der Waals surface area contributed by atoms with Crippen LogP contribution in [-0.4, -0.2) is 44.2 Å². The molecule has 10 nitrogen and oxygen atoms in total. The zero-order valence-corrected chi connectivity index (χ0v) is 18.9. The summed E-state index contributed by atoms with van der Waals surface area (Å²) < 4.78 is 15.7. The van der Waals surface area contributed by atoms with Crippen molar-refractivity contribution in [3.05, 3.63) is 77.6 Å². The van der Waals surface area contributed by atoms with Crippen LogP contribution in [0.15, 0.2) is 60.8 Å². The molecule has 1 heterocycles. The van der Waals surface area contributed by atoms with E-state index in [2.05, 4.69) is 25.7 Å². The van der Waals surface area contributed by atoms with E-state index in [4.69, 9.17) is 9.47 Å². The van der Waals surface area contributed by atoms with E-state index in [0.717, 1.165) is 5.56 Å². The summed E-state index contributed by atoms with van der Waals surface area (Å²) >= 11 is 0. The van der Waals surface area contributed by atoms with E-state index < -0.39 is 12.0 Å². The van der Waals surface area contributed by atoms with E-state index in [-0.39, 0.29) is 18.1 Å². The minimum Gasteiger partial charge on any atom is -0.495 e. The Morgan fingerprint density at radius 1 is 0.941 bits per heavy atom. The lowest BCUT2D eigenvalue weighted by Gasteiger charge is -2.12. The van der Waals surface area contributed by atoms with Gasteiger partial charge in [0.15, 0.2) is 0 Å². The lowest BCUT2D eigenvalue weighted by molar-refractivity contribution is 0.0600. The van der Waals surface area contributed by atoms with Gasteiger partial charge >= 0.3 is 12.0 Å². The molecule has 176 valence electrons. The molecule has 0 aliphatic rings. The largest absolute Gasteiger partial charge is 0.495 e. The number of hydrogen-bond donors (Lipinski definition) is 3. The van der Waals surface area contributed by atoms with Crippen molar-refractivity contribution in [1.29, 1.82) is 0 Å². The van der Waals surface area contributed by atoms with Crippen molar-refractivity contribution in [2.75, 3.05) is 26.6 Å². The molecule has 0 fully saturated rings. The molecule has 1 aromatic heterocycles. The van der Waals surface area contributed by atoms with Crippen LogP contribution in [0.2, 0.25) is 0 Å². The van der Waals surface area contributed by atoms with Crippen LogP contribution in [0.3, 0.4) is 0 Å². The number of nitrogens with zero attached hydrogens (tertiary/aromatic N) is 1. The molecule has 0 radical (unpaired) electrons. The Bertz CT molecular complexity index is 1180. The molecule has 3 N–H and O–H groups in total. The fraction of sp³-hybridized carbons (Fsp3) is 0.167. The molecular weight excluding hydrogens is 440 g/mol. The molecule has 2 aromatic carbocycles. The van der Waals surface area contributed by atoms with Crippen LogP contribution in [-0.2, 0) is 11.3 Å². The number of hydrogen-bond acceptors (Lipinski definition) is 7. The molecule has 0 bridgehead atoms. The number of amides is 3. The minimum absolute atomic E-state index is 0.253. The Labute approximate surface area is 196 Å². The Hall–Kier alpha value is -4.60. The summed E-state index contributed by atoms with van der Waals surface area (Å²) in [7, 11) is 4.26. The summed E-state index contributed by atoms with van der Waals surface area (Å²) in [6.45, 7) is 0.269. The second-order valence-corrected chi connectivity index (χ2v) is 6.92. The third-order valence-electron chi connectivity index (χ3n) is 4.67. The van der Waals surface area contributed by atoms with Gasteiger partial charge in [0.25, 0.3) is 5.91 Å². The molecule has 10 heteroatoms. The molecule has 0 unspecified atom stereocenters. The Balaban J connectivity index is 1.56. The van der Waals surface area contributed by atoms with Gasteiger partial charge in [-0.3, -0.25) is 9.78 Å². The normalized spacial score (nSPS) is 10.1. The minimum atomic E-state index is -0.502. The van der Waals surface area contributed by atoms with Gasteiger partial charge in [-0.2, -0.15) is 0 Å². The highest BCUT2D eigenvalue weighted by Gasteiger charge is 2.12. The van der Waals surface area contributed by atoms with Gasteiger partial charge < -0.3 is 30.2 Å². The molecule has 0 atom stereocenters. The first-order valence-corrected chi connectivity index (χ1v) is 10.2. The van der Waals surface area contributed by atoms with Crippen molar-refractivity contribution in [2.24, 2.45) is 0 Å². The van der Waals surface area contributed by atoms with Crippen molar-refractivity contribution in [1.82, 2.24) is 15.6 Å². The average Bonchev–Trinajstić information content (AvgIpc) is 2.87. The maximum atomic E-state index is 12.3. The topological polar surface area (TPSA) is 128 Å². The molecule has 0 aliphatic carbocycles. The summed E-state index contributed by atoms with van der Waals surface area (Å²) in [6, 6.07) is 14.5. The summed E-state index contributed by atoms with van der Waals surface area (Å²) in [5, 5.41) is 7.95. The molecule has 3 rings (SSSR count). The smallest absolute Gasteiger partial charge is 0.337 e. The maximum absolute atomic E-state index is 12.3. The Kier molecular flexibility index (Phi) is 8.01. The van der Waals surface area contributed by atoms with Crippen molar-refractivity contribution in [3.63, 3.8) is 0 Å². The number of ether oxygens (including phenoxy) is 3. The lowest BCUT2D eigenvalue weighted by Crippen LogP contribution is -2.28. The first-order valence-electron chi connectivity index (χ1n) is 10.2. The van der Waals surface area contributed by atoms with Crippen LogP contribution in [0.4, 0.5) is 10.5 Å². The third kappa shape index (κ3) is 6.22. The van der Waals surface area contributed by atoms with Gasteiger partial charge in [0.2, 0.25) is 0 Å². The summed E-state index contributed by atoms with van der Waals surface area (Å²) in [4.78, 5) is 39.7. The summed E-state index contributed by atoms with van der Waals surface area (Å²) in [6.07, 6.45) is 1.49. The molecule has 0 aliphatic heterocycles. The van der Waals surface area contributed by atoms with E-state index in [0.29, 0.717) is 28.5 Å². The van der Waals surface area contributed by atoms with Crippen LogP contribution in [0.1, 0.15) is 26.4 Å². The van der Waals surface area contributed by atoms with Crippen LogP contribution in [0, 0.1) is 0 Å². The summed E-state index contributed by atoms with van der Waals surface area (Å²) in [5.74, 6) is 0.568. The fourth-order valence-corrected chi connectivity index (χ4v) is 2.93. The summed E-state index contributed by atoms with van der Waals surface area (Å²) in [5.41, 5.74) is 1.81. The molecule has 0 spiro atoms. The molecule has 3 aromatic rings. The van der Waals surface area contributed by atoms with Crippen molar-refractivity contribution in [3.8, 4) is 17.2 Å². The Morgan fingerprint density at radius 2 is 1.71 bits per heavy atom. The number of anilines is 1. The molecular formula is C24H24N4O6. The quantitative estimate of drug-likeness (QED) is 0.436. The number of aromatic nitrogens is 1. The monoisotopic (exact) mass is 464 g/mol. The SMILES string of the molecule is CNC(=O)c1cc(Oc2ccc(CNC(=O)Nc3ccc(C(=O)OC)cc3OC)cc2)ccn1. The predicted octanol–water partition coefficient (Wildman–Crippen LogP) is 3.35. The van der Waals surface area contributed by atoms with Gasteiger partial charge in [0, 0.05) is 25.9 Å². The van der Waals surface area contributed by atoms with Crippen LogP contribution in [0.5, 0.6) is 17.2 Å². The zero-order chi connectivity index (χ0) is 24.5. The van der Waals surface area contributed by atoms with Crippen molar-refractivity contribution < 1.29 is 28.6 Å². The van der Waals surface area contributed by atoms with Crippen LogP contribution >= 0.6 is 0 Å². The first-order chi connectivity index (χ1) is 16.4. The second kappa shape index (κ2) is 11.3. The zero-order valence-electron chi connectivity index (χ0n) is 18.9. The Morgan fingerprint density at radius 3 is 2.38 bits per heavy atom. The van der Waals surface area contributed by atoms with E-state index in [1.54, 1.807) is 30.3 Å². The van der Waals surface area contributed by atoms with Gasteiger partial charge in [-0.15, -0.1) is 0 Å². The second-order valence-electron chi connectivity index (χ2n) is 6.92. The van der Waals surface area contributed by atoms with Gasteiger partial charge in [0.05, 0.1) is 25.5 Å². The number of rotatable bonds is 8. The van der Waals surface area contributed by atoms with Crippen molar-refractivity contribution >= 4 is 23.6 Å². The van der Waals surface area contributed by atoms with E-state index in [1.807, 2.05) is 12.1 Å². The molecule has 0 saturated heterocycles. The lowest BCUT2D eigenvalue weighted by atomic mass is 10.2. The number of nitrogens with one attached hydrogen (secondary N) is 3. The number of urea groups is 1. The first kappa shape index (κ1) is 24.1. The van der Waals surface area contributed by atoms with Crippen LogP contribution in [0.25, 0.3) is 0 Å². The number of carbonyl (C=O) groups excluding carboxylic acids is 3. The number of methoxy groups -OCH3 is 2. The number of esters is 1. The van der Waals surface area contributed by atoms with Crippen molar-refractivity contribution in [2.45, 2.75) is 6.54 Å². The highest BCUT2D eigenvalue weighted by Crippen LogP contribution is 2.26.